The first-order valence-corrected chi connectivity index (χ1v) is 12.3. The molecular weight excluding hydrogens is 554 g/mol. The molecule has 2 aromatic carbocycles. The zero-order chi connectivity index (χ0) is 30.4. The Kier molecular flexibility index (Phi) is 6.73. The maximum atomic E-state index is 13.5. The van der Waals surface area contributed by atoms with Crippen LogP contribution in [0.25, 0.3) is 16.7 Å². The summed E-state index contributed by atoms with van der Waals surface area (Å²) in [4.78, 5) is 0. The molecule has 0 spiro atoms. The van der Waals surface area contributed by atoms with Crippen LogP contribution in [-0.4, -0.2) is 12.4 Å². The number of alkyl halides is 6. The summed E-state index contributed by atoms with van der Waals surface area (Å²) >= 11 is 0. The minimum atomic E-state index is -4.63. The second kappa shape index (κ2) is 10.1. The summed E-state index contributed by atoms with van der Waals surface area (Å²) in [7, 11) is 0. The Balaban J connectivity index is 1.90. The lowest BCUT2D eigenvalue weighted by atomic mass is 9.91. The van der Waals surface area contributed by atoms with Crippen molar-refractivity contribution >= 4 is 16.7 Å². The largest absolute Gasteiger partial charge is 0.416 e. The normalized spacial score (nSPS) is 18.1. The van der Waals surface area contributed by atoms with E-state index in [-0.39, 0.29) is 61.4 Å². The quantitative estimate of drug-likeness (QED) is 0.243. The van der Waals surface area contributed by atoms with E-state index >= 15 is 0 Å². The Morgan fingerprint density at radius 1 is 0.690 bits per heavy atom. The van der Waals surface area contributed by atoms with Crippen LogP contribution in [-0.2, 0) is 0 Å². The topological polar surface area (TPSA) is 95.2 Å². The molecular formula is C32H14F6N4. The van der Waals surface area contributed by atoms with Gasteiger partial charge in [0, 0.05) is 17.6 Å². The molecule has 0 saturated heterocycles. The summed E-state index contributed by atoms with van der Waals surface area (Å²) < 4.78 is 80.7. The van der Waals surface area contributed by atoms with Crippen LogP contribution in [0.1, 0.15) is 35.1 Å². The van der Waals surface area contributed by atoms with Crippen LogP contribution < -0.4 is 10.4 Å². The summed E-state index contributed by atoms with van der Waals surface area (Å²) in [5.74, 6) is 0. The molecule has 5 rings (SSSR count). The van der Waals surface area contributed by atoms with Gasteiger partial charge in [-0.25, -0.2) is 0 Å². The number of benzene rings is 2. The molecule has 3 aliphatic carbocycles. The summed E-state index contributed by atoms with van der Waals surface area (Å²) in [5, 5.41) is 40.5. The van der Waals surface area contributed by atoms with Gasteiger partial charge in [-0.2, -0.15) is 47.4 Å². The SMILES string of the molecule is N#CC(C#N)=C1c2cc(=C3C=C(C(F)(F)F)C=CC3)c(C#N)cc2=c2cc(C#N)c(=C3C=CC=C(C(F)(F)F)C3)cc21. The van der Waals surface area contributed by atoms with Crippen LogP contribution in [0.2, 0.25) is 0 Å². The van der Waals surface area contributed by atoms with Crippen LogP contribution in [0.5, 0.6) is 0 Å². The van der Waals surface area contributed by atoms with E-state index < -0.39 is 29.9 Å². The third-order valence-corrected chi connectivity index (χ3v) is 7.18. The molecule has 4 nitrogen and oxygen atoms in total. The van der Waals surface area contributed by atoms with Crippen LogP contribution in [0.4, 0.5) is 26.3 Å². The smallest absolute Gasteiger partial charge is 0.192 e. The molecule has 0 N–H and O–H groups in total. The highest BCUT2D eigenvalue weighted by Gasteiger charge is 2.35. The van der Waals surface area contributed by atoms with Crippen molar-refractivity contribution < 1.29 is 26.3 Å². The highest BCUT2D eigenvalue weighted by Crippen LogP contribution is 2.37. The zero-order valence-electron chi connectivity index (χ0n) is 21.2. The standard InChI is InChI=1S/C32H14F6N4/c33-31(34,35)22-5-1-3-17(7-22)24-11-28-26(9-19(24)13-39)27-10-20(14-40)25(12-29(27)30(28)21(15-41)16-42)18-4-2-6-23(8-18)32(36,37)38/h1-3,5-6,8-12H,4,7H2. The summed E-state index contributed by atoms with van der Waals surface area (Å²) in [6.07, 6.45) is -2.83. The molecule has 2 aromatic rings. The molecule has 42 heavy (non-hydrogen) atoms. The van der Waals surface area contributed by atoms with E-state index in [4.69, 9.17) is 0 Å². The summed E-state index contributed by atoms with van der Waals surface area (Å²) in [6.45, 7) is 0. The minimum absolute atomic E-state index is 0.0339. The third-order valence-electron chi connectivity index (χ3n) is 7.18. The molecule has 204 valence electrons. The summed E-state index contributed by atoms with van der Waals surface area (Å²) in [5.41, 5.74) is -0.934. The number of halogens is 6. The van der Waals surface area contributed by atoms with Gasteiger partial charge >= 0.3 is 12.4 Å². The molecule has 10 heteroatoms. The Bertz CT molecular complexity index is 2130. The van der Waals surface area contributed by atoms with Crippen molar-refractivity contribution in [3.63, 3.8) is 0 Å². The third kappa shape index (κ3) is 4.70. The van der Waals surface area contributed by atoms with Crippen LogP contribution >= 0.6 is 0 Å². The van der Waals surface area contributed by atoms with Gasteiger partial charge in [0.15, 0.2) is 0 Å². The molecule has 0 fully saturated rings. The van der Waals surface area contributed by atoms with Crippen molar-refractivity contribution in [3.8, 4) is 24.3 Å². The van der Waals surface area contributed by atoms with Gasteiger partial charge in [-0.05, 0) is 79.9 Å². The lowest BCUT2D eigenvalue weighted by molar-refractivity contribution is -0.0929. The van der Waals surface area contributed by atoms with Crippen molar-refractivity contribution in [1.29, 1.82) is 21.0 Å². The fourth-order valence-electron chi connectivity index (χ4n) is 5.28. The van der Waals surface area contributed by atoms with Gasteiger partial charge in [0.2, 0.25) is 0 Å². The van der Waals surface area contributed by atoms with Gasteiger partial charge in [0.1, 0.15) is 17.7 Å². The molecule has 0 aliphatic heterocycles. The number of allylic oxidation sites excluding steroid dienone is 9. The Morgan fingerprint density at radius 2 is 1.26 bits per heavy atom. The van der Waals surface area contributed by atoms with Crippen LogP contribution in [0.15, 0.2) is 77.4 Å². The van der Waals surface area contributed by atoms with Crippen LogP contribution in [0.3, 0.4) is 0 Å². The first-order chi connectivity index (χ1) is 19.9. The lowest BCUT2D eigenvalue weighted by Gasteiger charge is -2.15. The number of rotatable bonds is 0. The van der Waals surface area contributed by atoms with Crippen molar-refractivity contribution in [2.24, 2.45) is 0 Å². The highest BCUT2D eigenvalue weighted by atomic mass is 19.4. The fourth-order valence-corrected chi connectivity index (χ4v) is 5.28. The zero-order valence-corrected chi connectivity index (χ0v) is 21.2. The molecule has 0 amide bonds. The molecule has 3 aliphatic rings. The molecule has 0 unspecified atom stereocenters. The number of hydrogen-bond acceptors (Lipinski definition) is 4. The fraction of sp³-hybridized carbons (Fsp3) is 0.125. The Labute approximate surface area is 234 Å². The minimum Gasteiger partial charge on any atom is -0.192 e. The second-order valence-electron chi connectivity index (χ2n) is 9.56. The number of nitrogens with zero attached hydrogens (tertiary/aromatic N) is 4. The van der Waals surface area contributed by atoms with Crippen molar-refractivity contribution in [2.45, 2.75) is 25.2 Å². The average molecular weight is 568 g/mol. The molecule has 0 heterocycles. The molecule has 0 radical (unpaired) electrons. The van der Waals surface area contributed by atoms with Crippen molar-refractivity contribution in [2.75, 3.05) is 0 Å². The maximum Gasteiger partial charge on any atom is 0.416 e. The number of nitriles is 4. The maximum absolute atomic E-state index is 13.5. The van der Waals surface area contributed by atoms with Crippen LogP contribution in [0, 0.1) is 55.8 Å². The highest BCUT2D eigenvalue weighted by molar-refractivity contribution is 5.91. The summed E-state index contributed by atoms with van der Waals surface area (Å²) in [6, 6.07) is 13.4. The Morgan fingerprint density at radius 3 is 1.76 bits per heavy atom. The van der Waals surface area contributed by atoms with Gasteiger partial charge < -0.3 is 0 Å². The van der Waals surface area contributed by atoms with Gasteiger partial charge in [0.05, 0.1) is 28.8 Å². The van der Waals surface area contributed by atoms with E-state index in [0.717, 1.165) is 18.2 Å². The molecule has 0 saturated carbocycles. The van der Waals surface area contributed by atoms with E-state index in [9.17, 15) is 47.4 Å². The van der Waals surface area contributed by atoms with Gasteiger partial charge in [-0.3, -0.25) is 0 Å². The van der Waals surface area contributed by atoms with Gasteiger partial charge in [-0.1, -0.05) is 30.4 Å². The number of fused-ring (bicyclic) bond motifs is 2. The molecule has 0 bridgehead atoms. The van der Waals surface area contributed by atoms with E-state index in [1.165, 1.54) is 42.5 Å². The first kappa shape index (κ1) is 28.0. The van der Waals surface area contributed by atoms with Gasteiger partial charge in [-0.15, -0.1) is 0 Å². The molecule has 0 atom stereocenters. The lowest BCUT2D eigenvalue weighted by Crippen LogP contribution is -2.18. The number of hydrogen-bond donors (Lipinski definition) is 0. The molecule has 0 aromatic heterocycles. The van der Waals surface area contributed by atoms with E-state index in [1.807, 2.05) is 24.3 Å². The van der Waals surface area contributed by atoms with E-state index in [0.29, 0.717) is 10.4 Å². The van der Waals surface area contributed by atoms with Gasteiger partial charge in [0.25, 0.3) is 0 Å². The monoisotopic (exact) mass is 568 g/mol. The Hall–Kier alpha value is -5.58. The van der Waals surface area contributed by atoms with Crippen molar-refractivity contribution in [3.05, 3.63) is 121 Å². The second-order valence-corrected chi connectivity index (χ2v) is 9.56. The van der Waals surface area contributed by atoms with E-state index in [1.54, 1.807) is 0 Å². The predicted octanol–water partition coefficient (Wildman–Crippen LogP) is 6.08. The van der Waals surface area contributed by atoms with Crippen molar-refractivity contribution in [1.82, 2.24) is 0 Å². The average Bonchev–Trinajstić information content (AvgIpc) is 3.28. The van der Waals surface area contributed by atoms with E-state index in [2.05, 4.69) is 0 Å². The predicted molar refractivity (Wildman–Crippen MR) is 139 cm³/mol. The first-order valence-electron chi connectivity index (χ1n) is 12.3.